The first kappa shape index (κ1) is 16.4. The average Bonchev–Trinajstić information content (AvgIpc) is 3.01. The Morgan fingerprint density at radius 3 is 2.83 bits per heavy atom. The van der Waals surface area contributed by atoms with E-state index in [9.17, 15) is 14.3 Å². The second-order valence-electron chi connectivity index (χ2n) is 7.32. The van der Waals surface area contributed by atoms with Gasteiger partial charge in [-0.3, -0.25) is 4.79 Å². The Hall–Kier alpha value is -1.42. The fourth-order valence-corrected chi connectivity index (χ4v) is 4.20. The molecule has 126 valence electrons. The van der Waals surface area contributed by atoms with Crippen molar-refractivity contribution < 1.29 is 14.3 Å². The Morgan fingerprint density at radius 1 is 1.30 bits per heavy atom. The van der Waals surface area contributed by atoms with Gasteiger partial charge in [0.2, 0.25) is 0 Å². The highest BCUT2D eigenvalue weighted by atomic mass is 19.1. The van der Waals surface area contributed by atoms with Gasteiger partial charge in [-0.05, 0) is 62.6 Å². The largest absolute Gasteiger partial charge is 0.393 e. The number of aryl methyl sites for hydroxylation is 1. The smallest absolute Gasteiger partial charge is 0.254 e. The Bertz CT molecular complexity index is 589. The fourth-order valence-electron chi connectivity index (χ4n) is 4.20. The van der Waals surface area contributed by atoms with Crippen molar-refractivity contribution in [2.45, 2.75) is 58.1 Å². The molecular weight excluding hydrogens is 293 g/mol. The van der Waals surface area contributed by atoms with Gasteiger partial charge in [0.25, 0.3) is 5.91 Å². The van der Waals surface area contributed by atoms with Crippen LogP contribution >= 0.6 is 0 Å². The van der Waals surface area contributed by atoms with E-state index in [1.54, 1.807) is 19.1 Å². The number of carbonyl (C=O) groups is 1. The van der Waals surface area contributed by atoms with Crippen molar-refractivity contribution in [1.29, 1.82) is 0 Å². The third-order valence-electron chi connectivity index (χ3n) is 5.60. The van der Waals surface area contributed by atoms with Crippen molar-refractivity contribution in [3.8, 4) is 0 Å². The topological polar surface area (TPSA) is 40.5 Å². The van der Waals surface area contributed by atoms with Crippen LogP contribution in [0.4, 0.5) is 4.39 Å². The highest BCUT2D eigenvalue weighted by Crippen LogP contribution is 2.37. The van der Waals surface area contributed by atoms with Gasteiger partial charge in [0.1, 0.15) is 5.82 Å². The number of nitrogens with zero attached hydrogens (tertiary/aromatic N) is 1. The molecule has 0 bridgehead atoms. The zero-order chi connectivity index (χ0) is 16.6. The van der Waals surface area contributed by atoms with Gasteiger partial charge in [0.15, 0.2) is 0 Å². The van der Waals surface area contributed by atoms with Crippen molar-refractivity contribution in [3.63, 3.8) is 0 Å². The van der Waals surface area contributed by atoms with Gasteiger partial charge in [-0.15, -0.1) is 0 Å². The van der Waals surface area contributed by atoms with Crippen LogP contribution in [-0.4, -0.2) is 34.6 Å². The highest BCUT2D eigenvalue weighted by molar-refractivity contribution is 5.94. The molecule has 1 N–H and O–H groups in total. The summed E-state index contributed by atoms with van der Waals surface area (Å²) in [7, 11) is 0. The molecule has 3 rings (SSSR count). The first-order chi connectivity index (χ1) is 11.0. The number of hydrogen-bond donors (Lipinski definition) is 1. The first-order valence-corrected chi connectivity index (χ1v) is 8.72. The minimum absolute atomic E-state index is 0.0876. The highest BCUT2D eigenvalue weighted by Gasteiger charge is 2.40. The number of likely N-dealkylation sites (tertiary alicyclic amines) is 1. The third kappa shape index (κ3) is 3.27. The number of amides is 1. The summed E-state index contributed by atoms with van der Waals surface area (Å²) in [4.78, 5) is 14.7. The SMILES string of the molecule is Cc1ccc(C(=O)N2CCCC2C2CC(C)CCC2O)cc1F. The second kappa shape index (κ2) is 6.60. The van der Waals surface area contributed by atoms with Crippen molar-refractivity contribution in [3.05, 3.63) is 35.1 Å². The minimum Gasteiger partial charge on any atom is -0.393 e. The lowest BCUT2D eigenvalue weighted by Crippen LogP contribution is -2.46. The van der Waals surface area contributed by atoms with Crippen molar-refractivity contribution in [2.75, 3.05) is 6.54 Å². The zero-order valence-electron chi connectivity index (χ0n) is 14.0. The van der Waals surface area contributed by atoms with Gasteiger partial charge in [0, 0.05) is 24.1 Å². The molecule has 0 aromatic heterocycles. The molecule has 2 aliphatic rings. The number of carbonyl (C=O) groups excluding carboxylic acids is 1. The summed E-state index contributed by atoms with van der Waals surface area (Å²) >= 11 is 0. The van der Waals surface area contributed by atoms with E-state index in [0.29, 0.717) is 23.6 Å². The Labute approximate surface area is 137 Å². The van der Waals surface area contributed by atoms with Crippen molar-refractivity contribution in [1.82, 2.24) is 4.90 Å². The number of halogens is 1. The maximum Gasteiger partial charge on any atom is 0.254 e. The molecule has 0 spiro atoms. The van der Waals surface area contributed by atoms with E-state index in [-0.39, 0.29) is 29.8 Å². The van der Waals surface area contributed by atoms with E-state index in [2.05, 4.69) is 6.92 Å². The van der Waals surface area contributed by atoms with E-state index in [1.807, 2.05) is 4.90 Å². The van der Waals surface area contributed by atoms with E-state index in [0.717, 1.165) is 32.1 Å². The lowest BCUT2D eigenvalue weighted by atomic mass is 9.76. The quantitative estimate of drug-likeness (QED) is 0.906. The van der Waals surface area contributed by atoms with Crippen molar-refractivity contribution in [2.24, 2.45) is 11.8 Å². The maximum atomic E-state index is 13.8. The van der Waals surface area contributed by atoms with Gasteiger partial charge < -0.3 is 10.0 Å². The van der Waals surface area contributed by atoms with Crippen LogP contribution in [0.15, 0.2) is 18.2 Å². The van der Waals surface area contributed by atoms with Gasteiger partial charge in [-0.2, -0.15) is 0 Å². The Balaban J connectivity index is 1.80. The molecule has 4 atom stereocenters. The average molecular weight is 319 g/mol. The molecule has 1 saturated heterocycles. The summed E-state index contributed by atoms with van der Waals surface area (Å²) < 4.78 is 13.8. The molecule has 1 aliphatic heterocycles. The minimum atomic E-state index is -0.335. The molecule has 2 fully saturated rings. The number of rotatable bonds is 2. The number of hydrogen-bond acceptors (Lipinski definition) is 2. The lowest BCUT2D eigenvalue weighted by Gasteiger charge is -2.39. The second-order valence-corrected chi connectivity index (χ2v) is 7.32. The van der Waals surface area contributed by atoms with Gasteiger partial charge in [-0.1, -0.05) is 13.0 Å². The summed E-state index contributed by atoms with van der Waals surface area (Å²) in [6.45, 7) is 4.62. The third-order valence-corrected chi connectivity index (χ3v) is 5.60. The van der Waals surface area contributed by atoms with E-state index in [4.69, 9.17) is 0 Å². The molecule has 0 radical (unpaired) electrons. The first-order valence-electron chi connectivity index (χ1n) is 8.72. The molecule has 23 heavy (non-hydrogen) atoms. The van der Waals surface area contributed by atoms with Crippen LogP contribution in [0.1, 0.15) is 54.9 Å². The molecule has 3 nitrogen and oxygen atoms in total. The lowest BCUT2D eigenvalue weighted by molar-refractivity contribution is 0.00858. The summed E-state index contributed by atoms with van der Waals surface area (Å²) in [5.74, 6) is 0.313. The normalized spacial score (nSPS) is 31.4. The van der Waals surface area contributed by atoms with Gasteiger partial charge in [-0.25, -0.2) is 4.39 Å². The standard InChI is InChI=1S/C19H26FNO2/c1-12-5-8-18(22)15(10-12)17-4-3-9-21(17)19(23)14-7-6-13(2)16(20)11-14/h6-7,11-12,15,17-18,22H,3-5,8-10H2,1-2H3. The monoisotopic (exact) mass is 319 g/mol. The summed E-state index contributed by atoms with van der Waals surface area (Å²) in [5.41, 5.74) is 0.967. The fraction of sp³-hybridized carbons (Fsp3) is 0.632. The molecule has 1 aliphatic carbocycles. The van der Waals surface area contributed by atoms with Crippen LogP contribution in [-0.2, 0) is 0 Å². The van der Waals surface area contributed by atoms with Crippen LogP contribution in [0.25, 0.3) is 0 Å². The van der Waals surface area contributed by atoms with E-state index < -0.39 is 0 Å². The predicted octanol–water partition coefficient (Wildman–Crippen LogP) is 3.54. The molecule has 4 heteroatoms. The molecule has 4 unspecified atom stereocenters. The molecule has 1 amide bonds. The van der Waals surface area contributed by atoms with Crippen molar-refractivity contribution >= 4 is 5.91 Å². The van der Waals surface area contributed by atoms with Gasteiger partial charge >= 0.3 is 0 Å². The zero-order valence-corrected chi connectivity index (χ0v) is 14.0. The molecule has 1 aromatic carbocycles. The Morgan fingerprint density at radius 2 is 2.09 bits per heavy atom. The van der Waals surface area contributed by atoms with Crippen LogP contribution in [0.3, 0.4) is 0 Å². The molecular formula is C19H26FNO2. The van der Waals surface area contributed by atoms with Crippen LogP contribution in [0.2, 0.25) is 0 Å². The van der Waals surface area contributed by atoms with E-state index >= 15 is 0 Å². The molecule has 1 heterocycles. The van der Waals surface area contributed by atoms with Crippen LogP contribution in [0, 0.1) is 24.6 Å². The number of aliphatic hydroxyl groups is 1. The summed E-state index contributed by atoms with van der Waals surface area (Å²) in [6.07, 6.45) is 4.43. The number of benzene rings is 1. The van der Waals surface area contributed by atoms with E-state index in [1.165, 1.54) is 6.07 Å². The number of aliphatic hydroxyl groups excluding tert-OH is 1. The van der Waals surface area contributed by atoms with Crippen LogP contribution in [0.5, 0.6) is 0 Å². The summed E-state index contributed by atoms with van der Waals surface area (Å²) in [5, 5.41) is 10.4. The van der Waals surface area contributed by atoms with Gasteiger partial charge in [0.05, 0.1) is 6.10 Å². The summed E-state index contributed by atoms with van der Waals surface area (Å²) in [6, 6.07) is 4.79. The predicted molar refractivity (Wildman–Crippen MR) is 87.7 cm³/mol. The Kier molecular flexibility index (Phi) is 4.72. The molecule has 1 saturated carbocycles. The van der Waals surface area contributed by atoms with Crippen LogP contribution < -0.4 is 0 Å². The molecule has 1 aromatic rings. The maximum absolute atomic E-state index is 13.8.